The summed E-state index contributed by atoms with van der Waals surface area (Å²) in [6.45, 7) is -0.506. The normalized spacial score (nSPS) is 14.5. The number of aromatic nitrogens is 3. The number of imidazole rings is 1. The smallest absolute Gasteiger partial charge is 0.325 e. The zero-order chi connectivity index (χ0) is 53.1. The largest absolute Gasteiger partial charge is 0.489 e. The standard InChI is InChI=1S/C57H59N9O10/c67-51-25-24-46(62-51)54(70)65-49(28-42-30-58-36-61-42)56(72)64-48(27-41-29-59-45-19-11-10-18-44(41)45)55(71)66-50(35-74-32-38-12-4-1-5-13-38)57(73)63-47(53(69)60-31-52(68)76-34-40-16-8-3-9-17-40)26-37-20-22-43(23-21-37)75-33-39-14-6-2-7-15-39/h1-23,29-30,36,46-50,59H,24-28,31-35H2,(H,58,61)(H,60,69)(H,62,67)(H,63,73)(H,64,72)(H,65,70)(H,66,71)/t46-,47-,48-,49-,50-/m0/s1. The number of ether oxygens (including phenoxy) is 3. The second kappa shape index (κ2) is 26.7. The van der Waals surface area contributed by atoms with Gasteiger partial charge in [0.25, 0.3) is 0 Å². The summed E-state index contributed by atoms with van der Waals surface area (Å²) in [7, 11) is 0. The van der Waals surface area contributed by atoms with E-state index in [1.165, 1.54) is 12.5 Å². The molecule has 6 amide bonds. The summed E-state index contributed by atoms with van der Waals surface area (Å²) < 4.78 is 17.4. The van der Waals surface area contributed by atoms with E-state index in [9.17, 15) is 33.6 Å². The lowest BCUT2D eigenvalue weighted by atomic mass is 10.0. The van der Waals surface area contributed by atoms with Crippen molar-refractivity contribution in [2.24, 2.45) is 0 Å². The van der Waals surface area contributed by atoms with Crippen LogP contribution in [-0.2, 0) is 82.1 Å². The Hall–Kier alpha value is -9.10. The maximum absolute atomic E-state index is 14.9. The number of para-hydroxylation sites is 1. The molecule has 3 heterocycles. The molecule has 1 fully saturated rings. The highest BCUT2D eigenvalue weighted by atomic mass is 16.5. The molecule has 8 rings (SSSR count). The Morgan fingerprint density at radius 3 is 1.83 bits per heavy atom. The molecule has 5 aromatic carbocycles. The number of hydrogen-bond donors (Lipinski definition) is 8. The Morgan fingerprint density at radius 2 is 1.18 bits per heavy atom. The van der Waals surface area contributed by atoms with E-state index in [4.69, 9.17) is 14.2 Å². The van der Waals surface area contributed by atoms with Crippen molar-refractivity contribution in [3.8, 4) is 5.75 Å². The topological polar surface area (TPSA) is 264 Å². The SMILES string of the molecule is O=C1CC[C@@H](C(=O)N[C@@H](Cc2cnc[nH]2)C(=O)N[C@@H](Cc2c[nH]c3ccccc23)C(=O)N[C@@H](COCc2ccccc2)C(=O)N[C@@H](Cc2ccc(OCc3ccccc3)cc2)C(=O)NCC(=O)OCc2ccccc2)N1. The fourth-order valence-corrected chi connectivity index (χ4v) is 8.49. The lowest BCUT2D eigenvalue weighted by Gasteiger charge is -2.27. The van der Waals surface area contributed by atoms with Crippen molar-refractivity contribution in [1.82, 2.24) is 46.9 Å². The van der Waals surface area contributed by atoms with Gasteiger partial charge in [0, 0.05) is 54.7 Å². The van der Waals surface area contributed by atoms with Crippen LogP contribution in [0.5, 0.6) is 5.75 Å². The number of esters is 1. The van der Waals surface area contributed by atoms with Crippen LogP contribution in [0.15, 0.2) is 158 Å². The number of hydrogen-bond acceptors (Lipinski definition) is 11. The van der Waals surface area contributed by atoms with Crippen molar-refractivity contribution in [2.75, 3.05) is 13.2 Å². The number of carbonyl (C=O) groups excluding carboxylic acids is 7. The van der Waals surface area contributed by atoms with Gasteiger partial charge in [-0.15, -0.1) is 0 Å². The molecule has 1 saturated heterocycles. The van der Waals surface area contributed by atoms with Gasteiger partial charge in [-0.05, 0) is 52.4 Å². The number of fused-ring (bicyclic) bond motifs is 1. The van der Waals surface area contributed by atoms with E-state index in [0.717, 1.165) is 27.6 Å². The summed E-state index contributed by atoms with van der Waals surface area (Å²) in [5.41, 5.74) is 5.10. The Morgan fingerprint density at radius 1 is 0.592 bits per heavy atom. The third-order valence-corrected chi connectivity index (χ3v) is 12.6. The first-order chi connectivity index (χ1) is 37.0. The van der Waals surface area contributed by atoms with Crippen molar-refractivity contribution >= 4 is 52.3 Å². The van der Waals surface area contributed by atoms with Gasteiger partial charge in [-0.25, -0.2) is 4.98 Å². The van der Waals surface area contributed by atoms with Crippen molar-refractivity contribution < 1.29 is 47.8 Å². The molecule has 0 spiro atoms. The molecule has 0 saturated carbocycles. The molecule has 392 valence electrons. The molecule has 2 aromatic heterocycles. The van der Waals surface area contributed by atoms with Gasteiger partial charge < -0.3 is 56.1 Å². The molecule has 1 aliphatic heterocycles. The quantitative estimate of drug-likeness (QED) is 0.0362. The van der Waals surface area contributed by atoms with Gasteiger partial charge in [0.05, 0.1) is 19.5 Å². The van der Waals surface area contributed by atoms with Crippen LogP contribution < -0.4 is 36.6 Å². The second-order valence-corrected chi connectivity index (χ2v) is 18.2. The zero-order valence-electron chi connectivity index (χ0n) is 41.5. The molecular formula is C57H59N9O10. The predicted molar refractivity (Wildman–Crippen MR) is 279 cm³/mol. The molecule has 0 aliphatic carbocycles. The Kier molecular flexibility index (Phi) is 18.7. The first kappa shape index (κ1) is 53.2. The van der Waals surface area contributed by atoms with Crippen LogP contribution >= 0.6 is 0 Å². The van der Waals surface area contributed by atoms with Crippen LogP contribution in [0.25, 0.3) is 10.9 Å². The first-order valence-corrected chi connectivity index (χ1v) is 24.9. The fourth-order valence-electron chi connectivity index (χ4n) is 8.49. The van der Waals surface area contributed by atoms with E-state index >= 15 is 0 Å². The Labute approximate surface area is 438 Å². The molecule has 0 bridgehead atoms. The molecule has 0 radical (unpaired) electrons. The maximum Gasteiger partial charge on any atom is 0.325 e. The third-order valence-electron chi connectivity index (χ3n) is 12.6. The second-order valence-electron chi connectivity index (χ2n) is 18.2. The molecule has 7 aromatic rings. The van der Waals surface area contributed by atoms with Crippen LogP contribution in [0.4, 0.5) is 0 Å². The van der Waals surface area contributed by atoms with Crippen LogP contribution in [0.1, 0.15) is 46.4 Å². The van der Waals surface area contributed by atoms with Gasteiger partial charge in [0.15, 0.2) is 0 Å². The van der Waals surface area contributed by atoms with Crippen LogP contribution in [0, 0.1) is 0 Å². The number of nitrogens with one attached hydrogen (secondary N) is 8. The fraction of sp³-hybridized carbons (Fsp3) is 0.263. The maximum atomic E-state index is 14.9. The van der Waals surface area contributed by atoms with Crippen molar-refractivity contribution in [3.05, 3.63) is 192 Å². The number of aromatic amines is 2. The highest BCUT2D eigenvalue weighted by Gasteiger charge is 2.35. The average molecular weight is 1030 g/mol. The number of carbonyl (C=O) groups is 7. The van der Waals surface area contributed by atoms with Gasteiger partial charge in [-0.2, -0.15) is 0 Å². The summed E-state index contributed by atoms with van der Waals surface area (Å²) in [5.74, 6) is -4.04. The predicted octanol–water partition coefficient (Wildman–Crippen LogP) is 3.79. The van der Waals surface area contributed by atoms with Gasteiger partial charge in [0.2, 0.25) is 35.4 Å². The zero-order valence-corrected chi connectivity index (χ0v) is 41.5. The minimum absolute atomic E-state index is 0.0137. The molecule has 19 heteroatoms. The van der Waals surface area contributed by atoms with Crippen LogP contribution in [0.2, 0.25) is 0 Å². The minimum atomic E-state index is -1.45. The van der Waals surface area contributed by atoms with E-state index in [2.05, 4.69) is 46.9 Å². The number of nitrogens with zero attached hydrogens (tertiary/aromatic N) is 1. The minimum Gasteiger partial charge on any atom is -0.489 e. The first-order valence-electron chi connectivity index (χ1n) is 24.9. The monoisotopic (exact) mass is 1030 g/mol. The lowest BCUT2D eigenvalue weighted by molar-refractivity contribution is -0.145. The summed E-state index contributed by atoms with van der Waals surface area (Å²) in [6, 6.07) is 36.1. The lowest BCUT2D eigenvalue weighted by Crippen LogP contribution is -2.60. The Balaban J connectivity index is 1.03. The van der Waals surface area contributed by atoms with Crippen molar-refractivity contribution in [1.29, 1.82) is 0 Å². The molecular weight excluding hydrogens is 971 g/mol. The summed E-state index contributed by atoms with van der Waals surface area (Å²) >= 11 is 0. The number of rotatable bonds is 26. The highest BCUT2D eigenvalue weighted by Crippen LogP contribution is 2.20. The number of amides is 6. The average Bonchev–Trinajstić information content (AvgIpc) is 4.24. The summed E-state index contributed by atoms with van der Waals surface area (Å²) in [4.78, 5) is 107. The molecule has 76 heavy (non-hydrogen) atoms. The van der Waals surface area contributed by atoms with Gasteiger partial charge >= 0.3 is 5.97 Å². The van der Waals surface area contributed by atoms with Crippen LogP contribution in [-0.4, -0.2) is 99.7 Å². The van der Waals surface area contributed by atoms with E-state index in [0.29, 0.717) is 29.2 Å². The molecule has 8 N–H and O–H groups in total. The molecule has 19 nitrogen and oxygen atoms in total. The third kappa shape index (κ3) is 15.7. The molecule has 1 aliphatic rings. The van der Waals surface area contributed by atoms with Gasteiger partial charge in [0.1, 0.15) is 55.7 Å². The Bertz CT molecular complexity index is 3050. The number of H-pyrrole nitrogens is 2. The summed E-state index contributed by atoms with van der Waals surface area (Å²) in [5, 5.41) is 17.2. The molecule has 0 unspecified atom stereocenters. The van der Waals surface area contributed by atoms with Gasteiger partial charge in [-0.3, -0.25) is 33.6 Å². The number of benzene rings is 5. The van der Waals surface area contributed by atoms with E-state index < -0.39 is 72.3 Å². The van der Waals surface area contributed by atoms with Gasteiger partial charge in [-0.1, -0.05) is 121 Å². The van der Waals surface area contributed by atoms with E-state index in [1.807, 2.05) is 103 Å². The highest BCUT2D eigenvalue weighted by molar-refractivity contribution is 5.98. The van der Waals surface area contributed by atoms with Crippen LogP contribution in [0.3, 0.4) is 0 Å². The summed E-state index contributed by atoms with van der Waals surface area (Å²) in [6.07, 6.45) is 4.88. The van der Waals surface area contributed by atoms with Crippen molar-refractivity contribution in [2.45, 2.75) is 82.1 Å². The van der Waals surface area contributed by atoms with E-state index in [-0.39, 0.29) is 57.8 Å². The molecule has 5 atom stereocenters. The van der Waals surface area contributed by atoms with Crippen molar-refractivity contribution in [3.63, 3.8) is 0 Å². The van der Waals surface area contributed by atoms with E-state index in [1.54, 1.807) is 42.6 Å².